The van der Waals surface area contributed by atoms with Gasteiger partial charge in [-0.1, -0.05) is 18.2 Å². The fourth-order valence-electron chi connectivity index (χ4n) is 3.77. The van der Waals surface area contributed by atoms with Crippen LogP contribution >= 0.6 is 33.9 Å². The number of carbonyl (C=O) groups is 1. The first-order valence-electron chi connectivity index (χ1n) is 10.6. The van der Waals surface area contributed by atoms with Gasteiger partial charge in [-0.2, -0.15) is 10.5 Å². The summed E-state index contributed by atoms with van der Waals surface area (Å²) >= 11 is 3.54. The molecule has 0 atom stereocenters. The lowest BCUT2D eigenvalue weighted by Crippen LogP contribution is -2.13. The van der Waals surface area contributed by atoms with E-state index in [-0.39, 0.29) is 18.0 Å². The number of hydrogen-bond donors (Lipinski definition) is 1. The summed E-state index contributed by atoms with van der Waals surface area (Å²) in [7, 11) is 0. The molecule has 1 aromatic heterocycles. The molecule has 0 fully saturated rings. The van der Waals surface area contributed by atoms with Crippen LogP contribution in [0.5, 0.6) is 5.75 Å². The highest BCUT2D eigenvalue weighted by molar-refractivity contribution is 14.1. The minimum absolute atomic E-state index is 0.0560. The van der Waals surface area contributed by atoms with Crippen LogP contribution in [0.25, 0.3) is 6.08 Å². The fraction of sp³-hybridized carbons (Fsp3) is 0.192. The van der Waals surface area contributed by atoms with Crippen molar-refractivity contribution in [3.05, 3.63) is 84.6 Å². The molecule has 1 aliphatic carbocycles. The van der Waals surface area contributed by atoms with Gasteiger partial charge in [-0.25, -0.2) is 4.39 Å². The van der Waals surface area contributed by atoms with Gasteiger partial charge in [-0.3, -0.25) is 4.79 Å². The molecule has 4 rings (SSSR count). The predicted molar refractivity (Wildman–Crippen MR) is 138 cm³/mol. The first kappa shape index (κ1) is 23.9. The third-order valence-corrected chi connectivity index (χ3v) is 7.48. The van der Waals surface area contributed by atoms with E-state index in [9.17, 15) is 19.7 Å². The van der Waals surface area contributed by atoms with Gasteiger partial charge in [-0.15, -0.1) is 11.3 Å². The number of benzene rings is 2. The lowest BCUT2D eigenvalue weighted by Gasteiger charge is -2.09. The zero-order valence-corrected chi connectivity index (χ0v) is 21.0. The largest absolute Gasteiger partial charge is 0.488 e. The standard InChI is InChI=1S/C26H19FIN3O2S/c27-19-5-3-4-17(11-19)15-33-23-9-8-16(12-22(23)28)10-18(13-29)25(32)31-26-21(14-30)20-6-1-2-7-24(20)34-26/h3-5,8-12H,1-2,6-7,15H2,(H,31,32)/b18-10+. The quantitative estimate of drug-likeness (QED) is 0.208. The Hall–Kier alpha value is -3.21. The second kappa shape index (κ2) is 10.8. The van der Waals surface area contributed by atoms with Crippen LogP contribution in [-0.2, 0) is 24.2 Å². The summed E-state index contributed by atoms with van der Waals surface area (Å²) in [4.78, 5) is 13.9. The summed E-state index contributed by atoms with van der Waals surface area (Å²) in [6, 6.07) is 15.7. The number of nitrogens with zero attached hydrogens (tertiary/aromatic N) is 2. The van der Waals surface area contributed by atoms with Crippen LogP contribution in [-0.4, -0.2) is 5.91 Å². The molecule has 0 spiro atoms. The molecular weight excluding hydrogens is 564 g/mol. The molecular formula is C26H19FIN3O2S. The van der Waals surface area contributed by atoms with Crippen molar-refractivity contribution < 1.29 is 13.9 Å². The minimum Gasteiger partial charge on any atom is -0.488 e. The van der Waals surface area contributed by atoms with Crippen molar-refractivity contribution in [2.45, 2.75) is 32.3 Å². The third-order valence-electron chi connectivity index (χ3n) is 5.43. The molecule has 2 aromatic carbocycles. The van der Waals surface area contributed by atoms with Gasteiger partial charge in [0.25, 0.3) is 5.91 Å². The highest BCUT2D eigenvalue weighted by Gasteiger charge is 2.22. The average molecular weight is 583 g/mol. The highest BCUT2D eigenvalue weighted by Crippen LogP contribution is 2.37. The number of nitriles is 2. The average Bonchev–Trinajstić information content (AvgIpc) is 3.18. The van der Waals surface area contributed by atoms with Gasteiger partial charge in [0.05, 0.1) is 9.13 Å². The molecule has 3 aromatic rings. The number of aryl methyl sites for hydroxylation is 1. The number of nitrogens with one attached hydrogen (secondary N) is 1. The van der Waals surface area contributed by atoms with E-state index in [0.29, 0.717) is 21.9 Å². The number of carbonyl (C=O) groups excluding carboxylic acids is 1. The van der Waals surface area contributed by atoms with Crippen molar-refractivity contribution in [2.75, 3.05) is 5.32 Å². The van der Waals surface area contributed by atoms with Crippen molar-refractivity contribution in [1.82, 2.24) is 0 Å². The maximum absolute atomic E-state index is 13.3. The van der Waals surface area contributed by atoms with Crippen LogP contribution in [0, 0.1) is 32.0 Å². The van der Waals surface area contributed by atoms with E-state index in [1.165, 1.54) is 29.5 Å². The van der Waals surface area contributed by atoms with Crippen LogP contribution in [0.4, 0.5) is 9.39 Å². The number of rotatable bonds is 6. The van der Waals surface area contributed by atoms with Gasteiger partial charge < -0.3 is 10.1 Å². The molecule has 8 heteroatoms. The zero-order valence-electron chi connectivity index (χ0n) is 18.0. The number of anilines is 1. The Balaban J connectivity index is 1.48. The summed E-state index contributed by atoms with van der Waals surface area (Å²) in [5.74, 6) is -0.241. The van der Waals surface area contributed by atoms with Gasteiger partial charge in [-0.05, 0) is 95.3 Å². The number of fused-ring (bicyclic) bond motifs is 1. The van der Waals surface area contributed by atoms with Crippen molar-refractivity contribution in [1.29, 1.82) is 10.5 Å². The van der Waals surface area contributed by atoms with E-state index >= 15 is 0 Å². The van der Waals surface area contributed by atoms with Crippen LogP contribution in [0.1, 0.15) is 40.0 Å². The monoisotopic (exact) mass is 583 g/mol. The number of amides is 1. The second-order valence-electron chi connectivity index (χ2n) is 7.76. The molecule has 1 heterocycles. The van der Waals surface area contributed by atoms with Gasteiger partial charge in [0.2, 0.25) is 0 Å². The Kier molecular flexibility index (Phi) is 7.61. The van der Waals surface area contributed by atoms with Crippen LogP contribution in [0.3, 0.4) is 0 Å². The molecule has 1 N–H and O–H groups in total. The summed E-state index contributed by atoms with van der Waals surface area (Å²) in [5.41, 5.74) is 2.87. The van der Waals surface area contributed by atoms with E-state index in [4.69, 9.17) is 4.74 Å². The highest BCUT2D eigenvalue weighted by atomic mass is 127. The Morgan fingerprint density at radius 1 is 1.21 bits per heavy atom. The predicted octanol–water partition coefficient (Wildman–Crippen LogP) is 6.37. The second-order valence-corrected chi connectivity index (χ2v) is 10.0. The smallest absolute Gasteiger partial charge is 0.266 e. The van der Waals surface area contributed by atoms with Crippen molar-refractivity contribution >= 4 is 50.9 Å². The van der Waals surface area contributed by atoms with Gasteiger partial charge >= 0.3 is 0 Å². The zero-order chi connectivity index (χ0) is 24.1. The maximum atomic E-state index is 13.3. The lowest BCUT2D eigenvalue weighted by molar-refractivity contribution is -0.112. The van der Waals surface area contributed by atoms with Crippen LogP contribution < -0.4 is 10.1 Å². The Morgan fingerprint density at radius 3 is 2.76 bits per heavy atom. The molecule has 0 bridgehead atoms. The summed E-state index contributed by atoms with van der Waals surface area (Å²) in [5, 5.41) is 22.4. The fourth-order valence-corrected chi connectivity index (χ4v) is 5.70. The summed E-state index contributed by atoms with van der Waals surface area (Å²) in [6.07, 6.45) is 5.38. The van der Waals surface area contributed by atoms with Gasteiger partial charge in [0.15, 0.2) is 0 Å². The molecule has 170 valence electrons. The molecule has 0 saturated carbocycles. The van der Waals surface area contributed by atoms with Gasteiger partial charge in [0, 0.05) is 4.88 Å². The first-order chi connectivity index (χ1) is 16.5. The Morgan fingerprint density at radius 2 is 2.03 bits per heavy atom. The molecule has 1 aliphatic rings. The summed E-state index contributed by atoms with van der Waals surface area (Å²) < 4.78 is 19.9. The molecule has 1 amide bonds. The topological polar surface area (TPSA) is 85.9 Å². The molecule has 0 unspecified atom stereocenters. The number of hydrogen-bond acceptors (Lipinski definition) is 5. The number of halogens is 2. The molecule has 34 heavy (non-hydrogen) atoms. The van der Waals surface area contributed by atoms with E-state index < -0.39 is 5.91 Å². The third kappa shape index (κ3) is 5.46. The normalized spacial score (nSPS) is 12.9. The summed E-state index contributed by atoms with van der Waals surface area (Å²) in [6.45, 7) is 0.223. The van der Waals surface area contributed by atoms with Crippen molar-refractivity contribution in [2.24, 2.45) is 0 Å². The molecule has 0 radical (unpaired) electrons. The van der Waals surface area contributed by atoms with E-state index in [1.807, 2.05) is 6.07 Å². The molecule has 0 aliphatic heterocycles. The van der Waals surface area contributed by atoms with E-state index in [2.05, 4.69) is 34.0 Å². The van der Waals surface area contributed by atoms with Crippen LogP contribution in [0.2, 0.25) is 0 Å². The SMILES string of the molecule is N#C/C(=C\c1ccc(OCc2cccc(F)c2)c(I)c1)C(=O)Nc1sc2c(c1C#N)CCCC2. The van der Waals surface area contributed by atoms with E-state index in [1.54, 1.807) is 30.3 Å². The molecule has 0 saturated heterocycles. The number of ether oxygens (including phenoxy) is 1. The maximum Gasteiger partial charge on any atom is 0.266 e. The van der Waals surface area contributed by atoms with Crippen LogP contribution in [0.15, 0.2) is 48.0 Å². The van der Waals surface area contributed by atoms with Gasteiger partial charge in [0.1, 0.15) is 40.9 Å². The minimum atomic E-state index is -0.543. The number of thiophene rings is 1. The lowest BCUT2D eigenvalue weighted by atomic mass is 9.96. The van der Waals surface area contributed by atoms with Crippen molar-refractivity contribution in [3.63, 3.8) is 0 Å². The van der Waals surface area contributed by atoms with Crippen molar-refractivity contribution in [3.8, 4) is 17.9 Å². The first-order valence-corrected chi connectivity index (χ1v) is 12.5. The Labute approximate surface area is 214 Å². The molecule has 5 nitrogen and oxygen atoms in total. The van der Waals surface area contributed by atoms with E-state index in [0.717, 1.165) is 45.3 Å². The Bertz CT molecular complexity index is 1370.